The van der Waals surface area contributed by atoms with Crippen LogP contribution in [-0.2, 0) is 14.3 Å². The van der Waals surface area contributed by atoms with Crippen LogP contribution in [0.3, 0.4) is 0 Å². The second-order valence-corrected chi connectivity index (χ2v) is 3.95. The number of hydrogen-bond acceptors (Lipinski definition) is 4. The van der Waals surface area contributed by atoms with Gasteiger partial charge in [0.25, 0.3) is 0 Å². The second-order valence-electron chi connectivity index (χ2n) is 3.95. The van der Waals surface area contributed by atoms with Crippen molar-refractivity contribution in [3.05, 3.63) is 0 Å². The first-order chi connectivity index (χ1) is 7.84. The van der Waals surface area contributed by atoms with Crippen LogP contribution < -0.4 is 10.6 Å². The van der Waals surface area contributed by atoms with Crippen molar-refractivity contribution < 1.29 is 14.3 Å². The zero-order chi connectivity index (χ0) is 11.6. The van der Waals surface area contributed by atoms with E-state index in [0.717, 1.165) is 32.5 Å². The summed E-state index contributed by atoms with van der Waals surface area (Å²) in [6, 6.07) is 0. The molecule has 102 valence electrons. The fourth-order valence-electron chi connectivity index (χ4n) is 1.67. The van der Waals surface area contributed by atoms with Gasteiger partial charge in [-0.25, -0.2) is 0 Å². The number of ether oxygens (including phenoxy) is 2. The van der Waals surface area contributed by atoms with Gasteiger partial charge in [-0.05, 0) is 12.8 Å². The third-order valence-electron chi connectivity index (χ3n) is 2.62. The summed E-state index contributed by atoms with van der Waals surface area (Å²) in [6.45, 7) is 4.33. The summed E-state index contributed by atoms with van der Waals surface area (Å²) in [5.74, 6) is 0.168. The minimum absolute atomic E-state index is 0. The quantitative estimate of drug-likeness (QED) is 0.646. The third-order valence-corrected chi connectivity index (χ3v) is 2.62. The summed E-state index contributed by atoms with van der Waals surface area (Å²) in [5, 5.41) is 6.08. The van der Waals surface area contributed by atoms with E-state index in [1.807, 2.05) is 0 Å². The van der Waals surface area contributed by atoms with E-state index in [4.69, 9.17) is 9.47 Å². The lowest BCUT2D eigenvalue weighted by molar-refractivity contribution is -0.128. The number of nitrogens with one attached hydrogen (secondary N) is 2. The molecule has 17 heavy (non-hydrogen) atoms. The van der Waals surface area contributed by atoms with Crippen LogP contribution in [-0.4, -0.2) is 52.5 Å². The molecule has 1 heterocycles. The maximum absolute atomic E-state index is 11.6. The van der Waals surface area contributed by atoms with Gasteiger partial charge in [0.15, 0.2) is 0 Å². The molecule has 1 aliphatic heterocycles. The summed E-state index contributed by atoms with van der Waals surface area (Å²) in [6.07, 6.45) is 1.94. The Kier molecular flexibility index (Phi) is 10.5. The summed E-state index contributed by atoms with van der Waals surface area (Å²) >= 11 is 0. The molecule has 1 atom stereocenters. The van der Waals surface area contributed by atoms with Gasteiger partial charge in [0.1, 0.15) is 0 Å². The average Bonchev–Trinajstić information content (AvgIpc) is 2.34. The van der Waals surface area contributed by atoms with Crippen LogP contribution in [0.1, 0.15) is 12.8 Å². The summed E-state index contributed by atoms with van der Waals surface area (Å²) in [7, 11) is 1.67. The number of carbonyl (C=O) groups is 1. The van der Waals surface area contributed by atoms with Gasteiger partial charge < -0.3 is 20.1 Å². The predicted molar refractivity (Wildman–Crippen MR) is 68.5 cm³/mol. The first-order valence-corrected chi connectivity index (χ1v) is 5.89. The molecular weight excluding hydrogens is 244 g/mol. The van der Waals surface area contributed by atoms with Crippen LogP contribution in [0.15, 0.2) is 0 Å². The molecule has 5 nitrogen and oxygen atoms in total. The van der Waals surface area contributed by atoms with E-state index in [1.165, 1.54) is 0 Å². The number of rotatable bonds is 7. The smallest absolute Gasteiger partial charge is 0.225 e. The highest BCUT2D eigenvalue weighted by molar-refractivity contribution is 5.85. The number of methoxy groups -OCH3 is 1. The SMILES string of the molecule is COCCNCCNC(=O)C1CCCOC1.Cl. The summed E-state index contributed by atoms with van der Waals surface area (Å²) < 4.78 is 10.2. The van der Waals surface area contributed by atoms with Crippen molar-refractivity contribution in [1.29, 1.82) is 0 Å². The van der Waals surface area contributed by atoms with Crippen molar-refractivity contribution in [3.63, 3.8) is 0 Å². The normalized spacial score (nSPS) is 19.5. The minimum atomic E-state index is 0. The van der Waals surface area contributed by atoms with E-state index in [1.54, 1.807) is 7.11 Å². The van der Waals surface area contributed by atoms with E-state index in [9.17, 15) is 4.79 Å². The Morgan fingerprint density at radius 1 is 1.41 bits per heavy atom. The molecule has 0 saturated carbocycles. The maximum atomic E-state index is 11.6. The average molecular weight is 267 g/mol. The van der Waals surface area contributed by atoms with E-state index in [0.29, 0.717) is 19.8 Å². The van der Waals surface area contributed by atoms with Gasteiger partial charge >= 0.3 is 0 Å². The van der Waals surface area contributed by atoms with Crippen LogP contribution >= 0.6 is 12.4 Å². The Balaban J connectivity index is 0.00000256. The van der Waals surface area contributed by atoms with Crippen molar-refractivity contribution in [1.82, 2.24) is 10.6 Å². The van der Waals surface area contributed by atoms with E-state index in [2.05, 4.69) is 10.6 Å². The molecule has 0 aromatic carbocycles. The highest BCUT2D eigenvalue weighted by Crippen LogP contribution is 2.12. The fraction of sp³-hybridized carbons (Fsp3) is 0.909. The molecule has 1 saturated heterocycles. The van der Waals surface area contributed by atoms with Crippen molar-refractivity contribution in [2.75, 3.05) is 46.6 Å². The number of carbonyl (C=O) groups excluding carboxylic acids is 1. The molecule has 1 amide bonds. The molecule has 6 heteroatoms. The largest absolute Gasteiger partial charge is 0.383 e. The van der Waals surface area contributed by atoms with Crippen molar-refractivity contribution in [2.45, 2.75) is 12.8 Å². The maximum Gasteiger partial charge on any atom is 0.225 e. The fourth-order valence-corrected chi connectivity index (χ4v) is 1.67. The standard InChI is InChI=1S/C11H22N2O3.ClH/c1-15-8-6-12-4-5-13-11(14)10-3-2-7-16-9-10;/h10,12H,2-9H2,1H3,(H,13,14);1H. The monoisotopic (exact) mass is 266 g/mol. The van der Waals surface area contributed by atoms with Gasteiger partial charge in [-0.1, -0.05) is 0 Å². The lowest BCUT2D eigenvalue weighted by atomic mass is 10.0. The predicted octanol–water partition coefficient (Wildman–Crippen LogP) is 0.187. The minimum Gasteiger partial charge on any atom is -0.383 e. The van der Waals surface area contributed by atoms with E-state index in [-0.39, 0.29) is 24.2 Å². The van der Waals surface area contributed by atoms with Gasteiger partial charge in [-0.2, -0.15) is 0 Å². The van der Waals surface area contributed by atoms with E-state index >= 15 is 0 Å². The third kappa shape index (κ3) is 7.54. The highest BCUT2D eigenvalue weighted by Gasteiger charge is 2.20. The van der Waals surface area contributed by atoms with Crippen molar-refractivity contribution in [2.24, 2.45) is 5.92 Å². The zero-order valence-electron chi connectivity index (χ0n) is 10.4. The Bertz CT molecular complexity index is 199. The van der Waals surface area contributed by atoms with Gasteiger partial charge in [0.05, 0.1) is 19.1 Å². The lowest BCUT2D eigenvalue weighted by Gasteiger charge is -2.21. The van der Waals surface area contributed by atoms with Crippen molar-refractivity contribution in [3.8, 4) is 0 Å². The second kappa shape index (κ2) is 10.8. The van der Waals surface area contributed by atoms with Gasteiger partial charge in [0.2, 0.25) is 5.91 Å². The number of hydrogen-bond donors (Lipinski definition) is 2. The molecule has 1 aliphatic rings. The van der Waals surface area contributed by atoms with Crippen molar-refractivity contribution >= 4 is 18.3 Å². The molecule has 0 aliphatic carbocycles. The first kappa shape index (κ1) is 16.6. The Morgan fingerprint density at radius 3 is 2.88 bits per heavy atom. The summed E-state index contributed by atoms with van der Waals surface area (Å²) in [4.78, 5) is 11.6. The van der Waals surface area contributed by atoms with Crippen LogP contribution in [0.2, 0.25) is 0 Å². The topological polar surface area (TPSA) is 59.6 Å². The Hall–Kier alpha value is -0.360. The zero-order valence-corrected chi connectivity index (χ0v) is 11.2. The number of halogens is 1. The molecule has 0 radical (unpaired) electrons. The van der Waals surface area contributed by atoms with Gasteiger partial charge in [-0.3, -0.25) is 4.79 Å². The number of amides is 1. The Labute approximate surface area is 109 Å². The molecule has 1 rings (SSSR count). The molecular formula is C11H23ClN2O3. The van der Waals surface area contributed by atoms with Crippen LogP contribution in [0.25, 0.3) is 0 Å². The first-order valence-electron chi connectivity index (χ1n) is 5.89. The molecule has 2 N–H and O–H groups in total. The lowest BCUT2D eigenvalue weighted by Crippen LogP contribution is -2.39. The molecule has 0 aromatic rings. The highest BCUT2D eigenvalue weighted by atomic mass is 35.5. The molecule has 1 unspecified atom stereocenters. The molecule has 1 fully saturated rings. The van der Waals surface area contributed by atoms with Crippen LogP contribution in [0.5, 0.6) is 0 Å². The van der Waals surface area contributed by atoms with Crippen LogP contribution in [0.4, 0.5) is 0 Å². The molecule has 0 aromatic heterocycles. The Morgan fingerprint density at radius 2 is 2.24 bits per heavy atom. The van der Waals surface area contributed by atoms with E-state index < -0.39 is 0 Å². The summed E-state index contributed by atoms with van der Waals surface area (Å²) in [5.41, 5.74) is 0. The van der Waals surface area contributed by atoms with Gasteiger partial charge in [0, 0.05) is 33.4 Å². The molecule has 0 bridgehead atoms. The molecule has 0 spiro atoms. The van der Waals surface area contributed by atoms with Crippen LogP contribution in [0, 0.1) is 5.92 Å². The van der Waals surface area contributed by atoms with Gasteiger partial charge in [-0.15, -0.1) is 12.4 Å².